The fourth-order valence-corrected chi connectivity index (χ4v) is 6.47. The van der Waals surface area contributed by atoms with Gasteiger partial charge in [-0.2, -0.15) is 4.31 Å². The van der Waals surface area contributed by atoms with Crippen molar-refractivity contribution in [3.8, 4) is 10.6 Å². The van der Waals surface area contributed by atoms with E-state index in [2.05, 4.69) is 10.3 Å². The van der Waals surface area contributed by atoms with Crippen LogP contribution in [-0.2, 0) is 10.0 Å². The van der Waals surface area contributed by atoms with Gasteiger partial charge in [0, 0.05) is 35.3 Å². The zero-order chi connectivity index (χ0) is 16.7. The second kappa shape index (κ2) is 6.22. The molecule has 5 nitrogen and oxygen atoms in total. The van der Waals surface area contributed by atoms with Crippen molar-refractivity contribution < 1.29 is 8.42 Å². The highest BCUT2D eigenvalue weighted by Crippen LogP contribution is 2.35. The highest BCUT2D eigenvalue weighted by atomic mass is 32.2. The molecule has 2 fully saturated rings. The van der Waals surface area contributed by atoms with Gasteiger partial charge in [-0.3, -0.25) is 0 Å². The Morgan fingerprint density at radius 3 is 2.88 bits per heavy atom. The number of thiazole rings is 1. The molecule has 2 aromatic rings. The van der Waals surface area contributed by atoms with Crippen LogP contribution in [0, 0.1) is 6.92 Å². The van der Waals surface area contributed by atoms with Gasteiger partial charge in [-0.25, -0.2) is 13.4 Å². The molecule has 0 spiro atoms. The number of nitrogens with zero attached hydrogens (tertiary/aromatic N) is 2. The maximum atomic E-state index is 13.3. The number of fused-ring (bicyclic) bond motifs is 2. The molecule has 2 atom stereocenters. The molecule has 3 heterocycles. The summed E-state index contributed by atoms with van der Waals surface area (Å²) in [5.41, 5.74) is 1.83. The Morgan fingerprint density at radius 1 is 1.25 bits per heavy atom. The zero-order valence-corrected chi connectivity index (χ0v) is 15.2. The van der Waals surface area contributed by atoms with Crippen molar-refractivity contribution in [2.45, 2.75) is 43.2 Å². The van der Waals surface area contributed by atoms with Crippen molar-refractivity contribution in [2.24, 2.45) is 0 Å². The van der Waals surface area contributed by atoms with Gasteiger partial charge in [0.25, 0.3) is 0 Å². The van der Waals surface area contributed by atoms with Crippen LogP contribution in [0.4, 0.5) is 0 Å². The van der Waals surface area contributed by atoms with Gasteiger partial charge in [-0.15, -0.1) is 11.3 Å². The van der Waals surface area contributed by atoms with Gasteiger partial charge in [0.2, 0.25) is 10.0 Å². The van der Waals surface area contributed by atoms with Crippen molar-refractivity contribution >= 4 is 21.4 Å². The fraction of sp³-hybridized carbons (Fsp3) is 0.471. The summed E-state index contributed by atoms with van der Waals surface area (Å²) in [6.45, 7) is 3.59. The summed E-state index contributed by atoms with van der Waals surface area (Å²) in [6, 6.07) is 7.42. The van der Waals surface area contributed by atoms with Crippen LogP contribution < -0.4 is 5.32 Å². The third-order valence-corrected chi connectivity index (χ3v) is 7.87. The lowest BCUT2D eigenvalue weighted by molar-refractivity contribution is 0.334. The lowest BCUT2D eigenvalue weighted by atomic mass is 10.1. The number of rotatable bonds is 3. The average Bonchev–Trinajstić information content (AvgIpc) is 3.10. The van der Waals surface area contributed by atoms with Crippen molar-refractivity contribution in [3.05, 3.63) is 35.3 Å². The standard InChI is InChI=1S/C17H21N3O2S2/c1-12-11-23-17(19-12)13-3-2-4-16(9-13)24(21,22)20-14-5-6-15(20)10-18-8-7-14/h2-4,9,11,14-15,18H,5-8,10H2,1H3. The number of sulfonamides is 1. The highest BCUT2D eigenvalue weighted by Gasteiger charge is 2.43. The first-order valence-corrected chi connectivity index (χ1v) is 10.6. The van der Waals surface area contributed by atoms with E-state index in [0.717, 1.165) is 48.6 Å². The van der Waals surface area contributed by atoms with Crippen molar-refractivity contribution in [2.75, 3.05) is 13.1 Å². The molecule has 2 unspecified atom stereocenters. The van der Waals surface area contributed by atoms with Crippen LogP contribution in [-0.4, -0.2) is 42.9 Å². The Bertz CT molecular complexity index is 833. The van der Waals surface area contributed by atoms with Crippen LogP contribution in [0.25, 0.3) is 10.6 Å². The highest BCUT2D eigenvalue weighted by molar-refractivity contribution is 7.89. The maximum absolute atomic E-state index is 13.3. The van der Waals surface area contributed by atoms with Crippen molar-refractivity contribution in [1.29, 1.82) is 0 Å². The number of aryl methyl sites for hydroxylation is 1. The Balaban J connectivity index is 1.72. The molecule has 7 heteroatoms. The minimum absolute atomic E-state index is 0.0771. The van der Waals surface area contributed by atoms with Crippen LogP contribution in [0.2, 0.25) is 0 Å². The summed E-state index contributed by atoms with van der Waals surface area (Å²) in [4.78, 5) is 4.86. The third-order valence-electron chi connectivity index (χ3n) is 4.86. The molecule has 2 bridgehead atoms. The van der Waals surface area contributed by atoms with Gasteiger partial charge >= 0.3 is 0 Å². The Labute approximate surface area is 146 Å². The lowest BCUT2D eigenvalue weighted by Gasteiger charge is -2.27. The van der Waals surface area contributed by atoms with Gasteiger partial charge in [-0.1, -0.05) is 12.1 Å². The van der Waals surface area contributed by atoms with E-state index in [4.69, 9.17) is 0 Å². The van der Waals surface area contributed by atoms with E-state index in [-0.39, 0.29) is 12.1 Å². The Kier molecular flexibility index (Phi) is 4.20. The topological polar surface area (TPSA) is 62.3 Å². The molecule has 4 rings (SSSR count). The summed E-state index contributed by atoms with van der Waals surface area (Å²) in [6.07, 6.45) is 2.81. The summed E-state index contributed by atoms with van der Waals surface area (Å²) in [5, 5.41) is 6.21. The number of hydrogen-bond donors (Lipinski definition) is 1. The van der Waals surface area contributed by atoms with E-state index in [1.807, 2.05) is 24.4 Å². The van der Waals surface area contributed by atoms with Crippen LogP contribution in [0.3, 0.4) is 0 Å². The van der Waals surface area contributed by atoms with E-state index in [9.17, 15) is 8.42 Å². The van der Waals surface area contributed by atoms with Gasteiger partial charge in [0.05, 0.1) is 4.90 Å². The first kappa shape index (κ1) is 16.2. The molecule has 2 aliphatic rings. The zero-order valence-electron chi connectivity index (χ0n) is 13.6. The van der Waals surface area contributed by atoms with Crippen LogP contribution in [0.5, 0.6) is 0 Å². The molecular weight excluding hydrogens is 342 g/mol. The van der Waals surface area contributed by atoms with Crippen molar-refractivity contribution in [1.82, 2.24) is 14.6 Å². The minimum atomic E-state index is -3.47. The summed E-state index contributed by atoms with van der Waals surface area (Å²) in [5.74, 6) is 0. The second-order valence-electron chi connectivity index (χ2n) is 6.53. The SMILES string of the molecule is Cc1csc(-c2cccc(S(=O)(=O)N3C4CCNCC3CC4)c2)n1. The predicted molar refractivity (Wildman–Crippen MR) is 95.6 cm³/mol. The molecule has 2 aliphatic heterocycles. The number of hydrogen-bond acceptors (Lipinski definition) is 5. The molecule has 1 N–H and O–H groups in total. The fourth-order valence-electron chi connectivity index (χ4n) is 3.73. The van der Waals surface area contributed by atoms with E-state index in [1.165, 1.54) is 0 Å². The first-order valence-electron chi connectivity index (χ1n) is 8.32. The Morgan fingerprint density at radius 2 is 2.08 bits per heavy atom. The molecule has 0 saturated carbocycles. The minimum Gasteiger partial charge on any atom is -0.315 e. The van der Waals surface area contributed by atoms with Gasteiger partial charge in [0.1, 0.15) is 5.01 Å². The molecule has 2 saturated heterocycles. The molecule has 1 aromatic heterocycles. The molecule has 0 aliphatic carbocycles. The lowest BCUT2D eigenvalue weighted by Crippen LogP contribution is -2.42. The number of nitrogens with one attached hydrogen (secondary N) is 1. The molecule has 128 valence electrons. The van der Waals surface area contributed by atoms with Gasteiger partial charge < -0.3 is 5.32 Å². The van der Waals surface area contributed by atoms with Crippen LogP contribution in [0.15, 0.2) is 34.5 Å². The van der Waals surface area contributed by atoms with E-state index >= 15 is 0 Å². The normalized spacial score (nSPS) is 24.9. The van der Waals surface area contributed by atoms with Crippen LogP contribution in [0.1, 0.15) is 25.0 Å². The van der Waals surface area contributed by atoms with E-state index < -0.39 is 10.0 Å². The van der Waals surface area contributed by atoms with Crippen LogP contribution >= 0.6 is 11.3 Å². The summed E-state index contributed by atoms with van der Waals surface area (Å²) >= 11 is 1.54. The third kappa shape index (κ3) is 2.79. The largest absolute Gasteiger partial charge is 0.315 e. The van der Waals surface area contributed by atoms with E-state index in [0.29, 0.717) is 4.90 Å². The molecule has 24 heavy (non-hydrogen) atoms. The predicted octanol–water partition coefficient (Wildman–Crippen LogP) is 2.63. The summed E-state index contributed by atoms with van der Waals surface area (Å²) in [7, 11) is -3.47. The van der Waals surface area contributed by atoms with Gasteiger partial charge in [-0.05, 0) is 44.9 Å². The average molecular weight is 364 g/mol. The van der Waals surface area contributed by atoms with E-state index in [1.54, 1.807) is 27.8 Å². The maximum Gasteiger partial charge on any atom is 0.243 e. The summed E-state index contributed by atoms with van der Waals surface area (Å²) < 4.78 is 28.3. The quantitative estimate of drug-likeness (QED) is 0.911. The smallest absolute Gasteiger partial charge is 0.243 e. The van der Waals surface area contributed by atoms with Crippen molar-refractivity contribution in [3.63, 3.8) is 0 Å². The van der Waals surface area contributed by atoms with Gasteiger partial charge in [0.15, 0.2) is 0 Å². The second-order valence-corrected chi connectivity index (χ2v) is 9.24. The molecule has 0 amide bonds. The first-order chi connectivity index (χ1) is 11.6. The Hall–Kier alpha value is -1.28. The molecule has 0 radical (unpaired) electrons. The number of aromatic nitrogens is 1. The monoisotopic (exact) mass is 363 g/mol. The number of benzene rings is 1. The molecule has 1 aromatic carbocycles. The molecular formula is C17H21N3O2S2.